The van der Waals surface area contributed by atoms with Gasteiger partial charge in [0, 0.05) is 34.1 Å². The number of hydrogen-bond donors (Lipinski definition) is 1. The Hall–Kier alpha value is -1.20. The Morgan fingerprint density at radius 2 is 2.09 bits per heavy atom. The lowest BCUT2D eigenvalue weighted by Crippen LogP contribution is -2.20. The average Bonchev–Trinajstić information content (AvgIpc) is 2.56. The summed E-state index contributed by atoms with van der Waals surface area (Å²) in [4.78, 5) is 11.8. The summed E-state index contributed by atoms with van der Waals surface area (Å²) in [6.45, 7) is 2.97. The molecule has 2 rings (SSSR count). The zero-order valence-electron chi connectivity index (χ0n) is 13.9. The summed E-state index contributed by atoms with van der Waals surface area (Å²) in [5.41, 5.74) is 1.79. The highest BCUT2D eigenvalue weighted by Crippen LogP contribution is 2.24. The topological polar surface area (TPSA) is 55.4 Å². The largest absolute Gasteiger partial charge is 0.381 e. The second kappa shape index (κ2) is 9.83. The van der Waals surface area contributed by atoms with Gasteiger partial charge in [-0.1, -0.05) is 31.4 Å². The van der Waals surface area contributed by atoms with Gasteiger partial charge in [-0.2, -0.15) is 0 Å². The van der Waals surface area contributed by atoms with Crippen LogP contribution >= 0.6 is 0 Å². The van der Waals surface area contributed by atoms with Gasteiger partial charge in [0.15, 0.2) is 0 Å². The molecule has 1 N–H and O–H groups in total. The maximum absolute atomic E-state index is 12.5. The fourth-order valence-electron chi connectivity index (χ4n) is 2.88. The maximum atomic E-state index is 12.5. The summed E-state index contributed by atoms with van der Waals surface area (Å²) in [5.74, 6) is 0.525. The number of carbonyl (C=O) groups is 1. The van der Waals surface area contributed by atoms with Crippen LogP contribution in [0.25, 0.3) is 0 Å². The Balaban J connectivity index is 1.86. The standard InChI is InChI=1S/C18H27NO3S/c1-2-22-12-11-18(20)19-16-8-6-7-15(13-16)14-23(21)17-9-4-3-5-10-17/h6-8,13,17H,2-5,9-12,14H2,1H3,(H,19,20). The third kappa shape index (κ3) is 6.43. The molecule has 1 aliphatic carbocycles. The Bertz CT molecular complexity index is 527. The molecule has 1 fully saturated rings. The van der Waals surface area contributed by atoms with Crippen LogP contribution in [0.1, 0.15) is 51.0 Å². The second-order valence-corrected chi connectivity index (χ2v) is 7.70. The fourth-order valence-corrected chi connectivity index (χ4v) is 4.48. The highest BCUT2D eigenvalue weighted by molar-refractivity contribution is 7.84. The Kier molecular flexibility index (Phi) is 7.76. The van der Waals surface area contributed by atoms with Crippen molar-refractivity contribution in [3.05, 3.63) is 29.8 Å². The van der Waals surface area contributed by atoms with E-state index in [9.17, 15) is 9.00 Å². The molecule has 0 heterocycles. The molecular weight excluding hydrogens is 310 g/mol. The number of hydrogen-bond acceptors (Lipinski definition) is 3. The van der Waals surface area contributed by atoms with Crippen LogP contribution in [0.4, 0.5) is 5.69 Å². The summed E-state index contributed by atoms with van der Waals surface area (Å²) >= 11 is 0. The average molecular weight is 337 g/mol. The number of anilines is 1. The number of amides is 1. The molecule has 0 aliphatic heterocycles. The molecule has 1 atom stereocenters. The van der Waals surface area contributed by atoms with E-state index in [1.807, 2.05) is 31.2 Å². The van der Waals surface area contributed by atoms with Gasteiger partial charge in [-0.15, -0.1) is 0 Å². The van der Waals surface area contributed by atoms with E-state index in [0.29, 0.717) is 30.6 Å². The van der Waals surface area contributed by atoms with Gasteiger partial charge in [-0.25, -0.2) is 0 Å². The number of rotatable bonds is 8. The van der Waals surface area contributed by atoms with E-state index in [0.717, 1.165) is 24.1 Å². The van der Waals surface area contributed by atoms with E-state index in [4.69, 9.17) is 4.74 Å². The van der Waals surface area contributed by atoms with E-state index in [1.54, 1.807) is 0 Å². The normalized spacial score (nSPS) is 16.9. The molecule has 1 unspecified atom stereocenters. The summed E-state index contributed by atoms with van der Waals surface area (Å²) in [7, 11) is -0.817. The van der Waals surface area contributed by atoms with E-state index in [2.05, 4.69) is 5.32 Å². The molecule has 1 aromatic carbocycles. The Morgan fingerprint density at radius 3 is 2.83 bits per heavy atom. The molecule has 1 saturated carbocycles. The third-order valence-corrected chi connectivity index (χ3v) is 5.95. The van der Waals surface area contributed by atoms with Crippen molar-refractivity contribution in [2.24, 2.45) is 0 Å². The van der Waals surface area contributed by atoms with Crippen LogP contribution < -0.4 is 5.32 Å². The molecule has 0 aromatic heterocycles. The molecule has 1 amide bonds. The monoisotopic (exact) mass is 337 g/mol. The number of ether oxygens (including phenoxy) is 1. The number of benzene rings is 1. The SMILES string of the molecule is CCOCCC(=O)Nc1cccc(CS(=O)C2CCCCC2)c1. The Labute approximate surface area is 141 Å². The first-order valence-corrected chi connectivity index (χ1v) is 9.91. The molecular formula is C18H27NO3S. The summed E-state index contributed by atoms with van der Waals surface area (Å²) in [6.07, 6.45) is 6.20. The first-order valence-electron chi connectivity index (χ1n) is 8.52. The number of nitrogens with one attached hydrogen (secondary N) is 1. The van der Waals surface area contributed by atoms with Crippen molar-refractivity contribution < 1.29 is 13.7 Å². The van der Waals surface area contributed by atoms with Crippen LogP contribution in [-0.2, 0) is 26.1 Å². The van der Waals surface area contributed by atoms with Crippen LogP contribution in [0.2, 0.25) is 0 Å². The minimum Gasteiger partial charge on any atom is -0.381 e. The van der Waals surface area contributed by atoms with Gasteiger partial charge in [0.05, 0.1) is 13.0 Å². The molecule has 23 heavy (non-hydrogen) atoms. The third-order valence-electron chi connectivity index (χ3n) is 4.12. The predicted octanol–water partition coefficient (Wildman–Crippen LogP) is 3.63. The van der Waals surface area contributed by atoms with Gasteiger partial charge in [0.25, 0.3) is 0 Å². The summed E-state index contributed by atoms with van der Waals surface area (Å²) in [6, 6.07) is 7.69. The lowest BCUT2D eigenvalue weighted by molar-refractivity contribution is -0.117. The van der Waals surface area contributed by atoms with Crippen molar-refractivity contribution >= 4 is 22.4 Å². The van der Waals surface area contributed by atoms with Crippen LogP contribution in [0.15, 0.2) is 24.3 Å². The molecule has 0 bridgehead atoms. The van der Waals surface area contributed by atoms with Gasteiger partial charge in [-0.3, -0.25) is 9.00 Å². The van der Waals surface area contributed by atoms with Gasteiger partial charge < -0.3 is 10.1 Å². The van der Waals surface area contributed by atoms with Crippen molar-refractivity contribution in [1.29, 1.82) is 0 Å². The lowest BCUT2D eigenvalue weighted by atomic mass is 10.0. The van der Waals surface area contributed by atoms with Crippen LogP contribution in [0, 0.1) is 0 Å². The zero-order chi connectivity index (χ0) is 16.5. The number of carbonyl (C=O) groups excluding carboxylic acids is 1. The molecule has 0 spiro atoms. The van der Waals surface area contributed by atoms with Crippen LogP contribution in [0.3, 0.4) is 0 Å². The second-order valence-electron chi connectivity index (χ2n) is 5.98. The van der Waals surface area contributed by atoms with E-state index >= 15 is 0 Å². The maximum Gasteiger partial charge on any atom is 0.226 e. The zero-order valence-corrected chi connectivity index (χ0v) is 14.7. The molecule has 0 radical (unpaired) electrons. The van der Waals surface area contributed by atoms with Gasteiger partial charge in [0.1, 0.15) is 0 Å². The van der Waals surface area contributed by atoms with Gasteiger partial charge >= 0.3 is 0 Å². The first-order chi connectivity index (χ1) is 11.2. The smallest absolute Gasteiger partial charge is 0.226 e. The first kappa shape index (κ1) is 18.1. The van der Waals surface area contributed by atoms with Gasteiger partial charge in [-0.05, 0) is 37.5 Å². The van der Waals surface area contributed by atoms with Crippen molar-refractivity contribution in [3.63, 3.8) is 0 Å². The van der Waals surface area contributed by atoms with Crippen molar-refractivity contribution in [2.45, 2.75) is 56.5 Å². The van der Waals surface area contributed by atoms with Crippen LogP contribution in [-0.4, -0.2) is 28.6 Å². The lowest BCUT2D eigenvalue weighted by Gasteiger charge is -2.21. The fraction of sp³-hybridized carbons (Fsp3) is 0.611. The van der Waals surface area contributed by atoms with E-state index < -0.39 is 10.8 Å². The quantitative estimate of drug-likeness (QED) is 0.737. The predicted molar refractivity (Wildman–Crippen MR) is 94.9 cm³/mol. The Morgan fingerprint density at radius 1 is 1.30 bits per heavy atom. The highest BCUT2D eigenvalue weighted by Gasteiger charge is 2.19. The minimum absolute atomic E-state index is 0.0518. The molecule has 0 saturated heterocycles. The molecule has 4 nitrogen and oxygen atoms in total. The molecule has 128 valence electrons. The van der Waals surface area contributed by atoms with Crippen LogP contribution in [0.5, 0.6) is 0 Å². The summed E-state index contributed by atoms with van der Waals surface area (Å²) in [5, 5.41) is 3.22. The van der Waals surface area contributed by atoms with E-state index in [-0.39, 0.29) is 5.91 Å². The summed E-state index contributed by atoms with van der Waals surface area (Å²) < 4.78 is 17.7. The molecule has 1 aliphatic rings. The van der Waals surface area contributed by atoms with E-state index in [1.165, 1.54) is 19.3 Å². The van der Waals surface area contributed by atoms with Crippen molar-refractivity contribution in [3.8, 4) is 0 Å². The van der Waals surface area contributed by atoms with Crippen molar-refractivity contribution in [2.75, 3.05) is 18.5 Å². The molecule has 5 heteroatoms. The molecule has 1 aromatic rings. The minimum atomic E-state index is -0.817. The highest BCUT2D eigenvalue weighted by atomic mass is 32.2. The van der Waals surface area contributed by atoms with Crippen molar-refractivity contribution in [1.82, 2.24) is 0 Å². The van der Waals surface area contributed by atoms with Gasteiger partial charge in [0.2, 0.25) is 5.91 Å².